The van der Waals surface area contributed by atoms with E-state index in [0.717, 1.165) is 25.7 Å². The molecule has 0 saturated heterocycles. The standard InChI is InChI=1S/C54H101NO4/c1-2-3-4-5-6-7-8-9-10-24-27-30-33-36-39-42-45-48-53(58)52(51-57)55-54(59)49-46-43-40-37-34-31-28-25-22-20-18-16-14-12-11-13-15-17-19-21-23-26-29-32-35-38-41-44-47-50-56/h34,37,40,43,45-46,48-49,52-53,56-58H,2-33,35-36,38-39,41-42,44,47,50-51H2,1H3,(H,55,59). The molecule has 0 heterocycles. The Kier molecular flexibility index (Phi) is 49.2. The zero-order valence-electron chi connectivity index (χ0n) is 39.2. The van der Waals surface area contributed by atoms with E-state index in [4.69, 9.17) is 5.11 Å². The van der Waals surface area contributed by atoms with Gasteiger partial charge in [-0.3, -0.25) is 4.79 Å². The van der Waals surface area contributed by atoms with Gasteiger partial charge in [0.15, 0.2) is 0 Å². The predicted molar refractivity (Wildman–Crippen MR) is 259 cm³/mol. The summed E-state index contributed by atoms with van der Waals surface area (Å²) in [4.78, 5) is 12.3. The number of hydrogen-bond acceptors (Lipinski definition) is 4. The fourth-order valence-corrected chi connectivity index (χ4v) is 8.01. The van der Waals surface area contributed by atoms with Crippen molar-refractivity contribution in [3.05, 3.63) is 48.6 Å². The molecule has 346 valence electrons. The van der Waals surface area contributed by atoms with Gasteiger partial charge in [-0.15, -0.1) is 0 Å². The number of unbranched alkanes of at least 4 members (excludes halogenated alkanes) is 38. The van der Waals surface area contributed by atoms with Gasteiger partial charge in [0.05, 0.1) is 18.8 Å². The monoisotopic (exact) mass is 828 g/mol. The van der Waals surface area contributed by atoms with E-state index in [1.165, 1.54) is 237 Å². The number of carbonyl (C=O) groups is 1. The van der Waals surface area contributed by atoms with Gasteiger partial charge < -0.3 is 20.6 Å². The first-order valence-corrected chi connectivity index (χ1v) is 26.0. The molecule has 5 heteroatoms. The zero-order valence-corrected chi connectivity index (χ0v) is 39.2. The van der Waals surface area contributed by atoms with Crippen LogP contribution in [0.3, 0.4) is 0 Å². The molecule has 2 atom stereocenters. The predicted octanol–water partition coefficient (Wildman–Crippen LogP) is 15.7. The SMILES string of the molecule is CCCCCCCCCCCCCCCCCC=CC(O)C(CO)NC(=O)C=CC=CC=CCCCCCCCCCCCCCCCCCCCCCCCCCO. The zero-order chi connectivity index (χ0) is 42.8. The minimum absolute atomic E-state index is 0.306. The van der Waals surface area contributed by atoms with Gasteiger partial charge in [0, 0.05) is 12.7 Å². The van der Waals surface area contributed by atoms with Crippen molar-refractivity contribution in [3.8, 4) is 0 Å². The summed E-state index contributed by atoms with van der Waals surface area (Å²) in [6, 6.07) is -0.710. The van der Waals surface area contributed by atoms with Crippen LogP contribution in [-0.4, -0.2) is 46.6 Å². The molecule has 0 aliphatic carbocycles. The molecular formula is C54H101NO4. The fourth-order valence-electron chi connectivity index (χ4n) is 8.01. The number of rotatable bonds is 48. The van der Waals surface area contributed by atoms with Crippen LogP contribution in [0.2, 0.25) is 0 Å². The fraction of sp³-hybridized carbons (Fsp3) is 0.833. The summed E-state index contributed by atoms with van der Waals surface area (Å²) in [5.41, 5.74) is 0. The molecule has 4 N–H and O–H groups in total. The topological polar surface area (TPSA) is 89.8 Å². The normalized spacial score (nSPS) is 13.2. The molecule has 0 fully saturated rings. The Balaban J connectivity index is 3.58. The molecule has 5 nitrogen and oxygen atoms in total. The Morgan fingerprint density at radius 3 is 1.10 bits per heavy atom. The summed E-state index contributed by atoms with van der Waals surface area (Å²) in [5.74, 6) is -0.316. The number of hydrogen-bond donors (Lipinski definition) is 4. The molecule has 1 amide bonds. The van der Waals surface area contributed by atoms with Gasteiger partial charge >= 0.3 is 0 Å². The molecule has 0 spiro atoms. The van der Waals surface area contributed by atoms with Crippen molar-refractivity contribution >= 4 is 5.91 Å². The van der Waals surface area contributed by atoms with Gasteiger partial charge in [-0.2, -0.15) is 0 Å². The first kappa shape index (κ1) is 57.3. The van der Waals surface area contributed by atoms with Crippen LogP contribution in [0.4, 0.5) is 0 Å². The highest BCUT2D eigenvalue weighted by atomic mass is 16.3. The Hall–Kier alpha value is -1.69. The number of aliphatic hydroxyl groups excluding tert-OH is 3. The van der Waals surface area contributed by atoms with Gasteiger partial charge in [-0.1, -0.05) is 274 Å². The average Bonchev–Trinajstić information content (AvgIpc) is 3.24. The van der Waals surface area contributed by atoms with E-state index in [9.17, 15) is 15.0 Å². The second-order valence-corrected chi connectivity index (χ2v) is 17.8. The first-order chi connectivity index (χ1) is 29.2. The van der Waals surface area contributed by atoms with E-state index < -0.39 is 12.1 Å². The molecule has 0 radical (unpaired) electrons. The highest BCUT2D eigenvalue weighted by Gasteiger charge is 2.16. The van der Waals surface area contributed by atoms with Crippen LogP contribution in [0.15, 0.2) is 48.6 Å². The van der Waals surface area contributed by atoms with Crippen molar-refractivity contribution in [2.75, 3.05) is 13.2 Å². The maximum Gasteiger partial charge on any atom is 0.244 e. The Bertz CT molecular complexity index is 943. The van der Waals surface area contributed by atoms with Crippen LogP contribution in [0.25, 0.3) is 0 Å². The van der Waals surface area contributed by atoms with E-state index in [1.807, 2.05) is 24.3 Å². The van der Waals surface area contributed by atoms with E-state index in [0.29, 0.717) is 6.61 Å². The lowest BCUT2D eigenvalue weighted by atomic mass is 10.0. The van der Waals surface area contributed by atoms with Crippen molar-refractivity contribution < 1.29 is 20.1 Å². The van der Waals surface area contributed by atoms with Gasteiger partial charge in [-0.05, 0) is 32.1 Å². The van der Waals surface area contributed by atoms with Gasteiger partial charge in [0.1, 0.15) is 0 Å². The lowest BCUT2D eigenvalue weighted by molar-refractivity contribution is -0.118. The second kappa shape index (κ2) is 50.7. The summed E-state index contributed by atoms with van der Waals surface area (Å²) >= 11 is 0. The highest BCUT2D eigenvalue weighted by Crippen LogP contribution is 2.17. The summed E-state index contributed by atoms with van der Waals surface area (Å²) in [6.45, 7) is 2.33. The highest BCUT2D eigenvalue weighted by molar-refractivity contribution is 5.88. The third-order valence-electron chi connectivity index (χ3n) is 12.0. The second-order valence-electron chi connectivity index (χ2n) is 17.8. The molecule has 0 aromatic rings. The third-order valence-corrected chi connectivity index (χ3v) is 12.0. The minimum atomic E-state index is -0.901. The summed E-state index contributed by atoms with van der Waals surface area (Å²) in [7, 11) is 0. The number of allylic oxidation sites excluding steroid dienone is 6. The van der Waals surface area contributed by atoms with Crippen molar-refractivity contribution in [2.24, 2.45) is 0 Å². The number of amides is 1. The van der Waals surface area contributed by atoms with Crippen LogP contribution in [0.1, 0.15) is 264 Å². The van der Waals surface area contributed by atoms with Crippen LogP contribution in [0, 0.1) is 0 Å². The summed E-state index contributed by atoms with van der Waals surface area (Å²) < 4.78 is 0. The number of nitrogens with one attached hydrogen (secondary N) is 1. The molecule has 0 rings (SSSR count). The maximum atomic E-state index is 12.3. The van der Waals surface area contributed by atoms with Crippen LogP contribution in [0.5, 0.6) is 0 Å². The van der Waals surface area contributed by atoms with Crippen LogP contribution >= 0.6 is 0 Å². The molecule has 59 heavy (non-hydrogen) atoms. The molecule has 0 aromatic heterocycles. The van der Waals surface area contributed by atoms with Gasteiger partial charge in [-0.25, -0.2) is 0 Å². The largest absolute Gasteiger partial charge is 0.396 e. The molecule has 0 aliphatic heterocycles. The smallest absolute Gasteiger partial charge is 0.244 e. The molecular weight excluding hydrogens is 727 g/mol. The number of aliphatic hydroxyl groups is 3. The van der Waals surface area contributed by atoms with E-state index in [1.54, 1.807) is 12.2 Å². The Morgan fingerprint density at radius 1 is 0.424 bits per heavy atom. The van der Waals surface area contributed by atoms with Crippen molar-refractivity contribution in [2.45, 2.75) is 276 Å². The molecule has 0 aliphatic rings. The number of carbonyl (C=O) groups excluding carboxylic acids is 1. The molecule has 0 saturated carbocycles. The molecule has 2 unspecified atom stereocenters. The Morgan fingerprint density at radius 2 is 0.746 bits per heavy atom. The van der Waals surface area contributed by atoms with E-state index in [2.05, 4.69) is 18.3 Å². The average molecular weight is 828 g/mol. The lowest BCUT2D eigenvalue weighted by Gasteiger charge is -2.18. The maximum absolute atomic E-state index is 12.3. The van der Waals surface area contributed by atoms with Crippen molar-refractivity contribution in [3.63, 3.8) is 0 Å². The first-order valence-electron chi connectivity index (χ1n) is 26.0. The summed E-state index contributed by atoms with van der Waals surface area (Å²) in [5, 5.41) is 31.7. The Labute approximate surface area is 367 Å². The summed E-state index contributed by atoms with van der Waals surface area (Å²) in [6.07, 6.45) is 67.5. The van der Waals surface area contributed by atoms with Crippen molar-refractivity contribution in [1.29, 1.82) is 0 Å². The third kappa shape index (κ3) is 47.2. The molecule has 0 aromatic carbocycles. The van der Waals surface area contributed by atoms with E-state index >= 15 is 0 Å². The van der Waals surface area contributed by atoms with Crippen molar-refractivity contribution in [1.82, 2.24) is 5.32 Å². The minimum Gasteiger partial charge on any atom is -0.396 e. The van der Waals surface area contributed by atoms with Crippen LogP contribution < -0.4 is 5.32 Å². The lowest BCUT2D eigenvalue weighted by Crippen LogP contribution is -2.44. The van der Waals surface area contributed by atoms with Crippen LogP contribution in [-0.2, 0) is 4.79 Å². The van der Waals surface area contributed by atoms with Gasteiger partial charge in [0.2, 0.25) is 5.91 Å². The quantitative estimate of drug-likeness (QED) is 0.0213. The van der Waals surface area contributed by atoms with Gasteiger partial charge in [0.25, 0.3) is 0 Å². The van der Waals surface area contributed by atoms with E-state index in [-0.39, 0.29) is 12.5 Å². The molecule has 0 bridgehead atoms.